The number of piperidine rings is 1. The van der Waals surface area contributed by atoms with E-state index in [0.717, 1.165) is 36.9 Å². The minimum Gasteiger partial charge on any atom is -0.508 e. The highest BCUT2D eigenvalue weighted by molar-refractivity contribution is 5.78. The molecule has 30 heavy (non-hydrogen) atoms. The molecule has 2 aromatic rings. The quantitative estimate of drug-likeness (QED) is 0.754. The van der Waals surface area contributed by atoms with Crippen LogP contribution in [0, 0.1) is 0 Å². The van der Waals surface area contributed by atoms with Gasteiger partial charge in [-0.3, -0.25) is 4.79 Å². The van der Waals surface area contributed by atoms with Gasteiger partial charge in [0.2, 0.25) is 5.91 Å². The summed E-state index contributed by atoms with van der Waals surface area (Å²) < 4.78 is 0. The molecule has 2 unspecified atom stereocenters. The van der Waals surface area contributed by atoms with Gasteiger partial charge in [0.1, 0.15) is 11.5 Å². The second-order valence-corrected chi connectivity index (χ2v) is 8.85. The van der Waals surface area contributed by atoms with Gasteiger partial charge in [-0.25, -0.2) is 0 Å². The first kappa shape index (κ1) is 22.2. The lowest BCUT2D eigenvalue weighted by atomic mass is 9.66. The Morgan fingerprint density at radius 1 is 1.17 bits per heavy atom. The number of amides is 1. The zero-order valence-electron chi connectivity index (χ0n) is 18.6. The van der Waals surface area contributed by atoms with Crippen molar-refractivity contribution in [3.63, 3.8) is 0 Å². The summed E-state index contributed by atoms with van der Waals surface area (Å²) in [4.78, 5) is 17.4. The summed E-state index contributed by atoms with van der Waals surface area (Å²) in [6, 6.07) is 13.0. The van der Waals surface area contributed by atoms with Gasteiger partial charge in [0.25, 0.3) is 0 Å². The van der Waals surface area contributed by atoms with Crippen molar-refractivity contribution in [2.24, 2.45) is 0 Å². The SMILES string of the molecule is CCc1ccc(O)cc1C1(CC(=O)N(C)Cc2ccc(O)cc2)CCN(C)C(C)C1. The van der Waals surface area contributed by atoms with Crippen LogP contribution in [0.5, 0.6) is 11.5 Å². The van der Waals surface area contributed by atoms with Crippen molar-refractivity contribution in [3.8, 4) is 11.5 Å². The van der Waals surface area contributed by atoms with Crippen molar-refractivity contribution in [1.82, 2.24) is 9.80 Å². The zero-order chi connectivity index (χ0) is 21.9. The van der Waals surface area contributed by atoms with Gasteiger partial charge in [-0.2, -0.15) is 0 Å². The molecular weight excluding hydrogens is 376 g/mol. The van der Waals surface area contributed by atoms with Crippen LogP contribution in [-0.4, -0.2) is 52.6 Å². The van der Waals surface area contributed by atoms with E-state index in [-0.39, 0.29) is 22.8 Å². The summed E-state index contributed by atoms with van der Waals surface area (Å²) in [5.74, 6) is 0.589. The highest BCUT2D eigenvalue weighted by Crippen LogP contribution is 2.44. The summed E-state index contributed by atoms with van der Waals surface area (Å²) >= 11 is 0. The van der Waals surface area contributed by atoms with Crippen LogP contribution in [-0.2, 0) is 23.2 Å². The Hall–Kier alpha value is -2.53. The van der Waals surface area contributed by atoms with Gasteiger partial charge in [-0.1, -0.05) is 25.1 Å². The van der Waals surface area contributed by atoms with Crippen LogP contribution in [0.15, 0.2) is 42.5 Å². The van der Waals surface area contributed by atoms with Crippen molar-refractivity contribution in [1.29, 1.82) is 0 Å². The number of aromatic hydroxyl groups is 2. The summed E-state index contributed by atoms with van der Waals surface area (Å²) in [5.41, 5.74) is 3.03. The number of benzene rings is 2. The maximum absolute atomic E-state index is 13.3. The lowest BCUT2D eigenvalue weighted by Crippen LogP contribution is -2.48. The molecule has 1 amide bonds. The van der Waals surface area contributed by atoms with Gasteiger partial charge in [-0.15, -0.1) is 0 Å². The first-order chi connectivity index (χ1) is 14.2. The maximum Gasteiger partial charge on any atom is 0.223 e. The van der Waals surface area contributed by atoms with Gasteiger partial charge < -0.3 is 20.0 Å². The third kappa shape index (κ3) is 4.78. The molecule has 2 aromatic carbocycles. The summed E-state index contributed by atoms with van der Waals surface area (Å²) in [6.07, 6.45) is 3.08. The molecule has 0 radical (unpaired) electrons. The Kier molecular flexibility index (Phi) is 6.71. The van der Waals surface area contributed by atoms with E-state index in [2.05, 4.69) is 25.8 Å². The number of carbonyl (C=O) groups excluding carboxylic acids is 1. The van der Waals surface area contributed by atoms with Crippen molar-refractivity contribution in [2.45, 2.75) is 57.5 Å². The number of aryl methyl sites for hydroxylation is 1. The van der Waals surface area contributed by atoms with Crippen molar-refractivity contribution in [2.75, 3.05) is 20.6 Å². The standard InChI is InChI=1S/C25H34N2O3/c1-5-20-8-11-22(29)14-23(20)25(12-13-26(3)18(2)15-25)16-24(30)27(4)17-19-6-9-21(28)10-7-19/h6-11,14,18,28-29H,5,12-13,15-17H2,1-4H3. The predicted molar refractivity (Wildman–Crippen MR) is 120 cm³/mol. The molecule has 1 aliphatic rings. The van der Waals surface area contributed by atoms with Crippen LogP contribution in [0.25, 0.3) is 0 Å². The molecule has 0 spiro atoms. The number of phenols is 2. The van der Waals surface area contributed by atoms with Crippen molar-refractivity contribution < 1.29 is 15.0 Å². The molecule has 0 aliphatic carbocycles. The molecule has 5 heteroatoms. The average Bonchev–Trinajstić information content (AvgIpc) is 2.72. The largest absolute Gasteiger partial charge is 0.508 e. The molecule has 1 saturated heterocycles. The van der Waals surface area contributed by atoms with Crippen molar-refractivity contribution >= 4 is 5.91 Å². The molecule has 1 fully saturated rings. The van der Waals surface area contributed by atoms with E-state index < -0.39 is 0 Å². The van der Waals surface area contributed by atoms with Gasteiger partial charge in [0, 0.05) is 31.5 Å². The molecular formula is C25H34N2O3. The summed E-state index contributed by atoms with van der Waals surface area (Å²) in [6.45, 7) is 5.77. The van der Waals surface area contributed by atoms with Crippen molar-refractivity contribution in [3.05, 3.63) is 59.2 Å². The molecule has 0 bridgehead atoms. The normalized spacial score (nSPS) is 22.1. The van der Waals surface area contributed by atoms with Gasteiger partial charge >= 0.3 is 0 Å². The monoisotopic (exact) mass is 410 g/mol. The van der Waals surface area contributed by atoms with Gasteiger partial charge in [0.05, 0.1) is 0 Å². The van der Waals surface area contributed by atoms with Crippen LogP contribution < -0.4 is 0 Å². The molecule has 3 rings (SSSR count). The highest BCUT2D eigenvalue weighted by Gasteiger charge is 2.42. The average molecular weight is 411 g/mol. The molecule has 2 N–H and O–H groups in total. The molecule has 5 nitrogen and oxygen atoms in total. The number of rotatable bonds is 6. The fourth-order valence-corrected chi connectivity index (χ4v) is 4.69. The maximum atomic E-state index is 13.3. The van der Waals surface area contributed by atoms with Gasteiger partial charge in [-0.05, 0) is 80.7 Å². The Balaban J connectivity index is 1.89. The highest BCUT2D eigenvalue weighted by atomic mass is 16.3. The van der Waals surface area contributed by atoms with E-state index in [1.807, 2.05) is 31.3 Å². The third-order valence-electron chi connectivity index (χ3n) is 6.70. The zero-order valence-corrected chi connectivity index (χ0v) is 18.6. The second kappa shape index (κ2) is 9.09. The Labute approximate surface area is 179 Å². The van der Waals surface area contributed by atoms with E-state index in [1.165, 1.54) is 5.56 Å². The summed E-state index contributed by atoms with van der Waals surface area (Å²) in [5, 5.41) is 19.7. The molecule has 0 saturated carbocycles. The van der Waals surface area contributed by atoms with Crippen LogP contribution >= 0.6 is 0 Å². The molecule has 162 valence electrons. The molecule has 2 atom stereocenters. The number of hydrogen-bond donors (Lipinski definition) is 2. The molecule has 1 heterocycles. The van der Waals surface area contributed by atoms with E-state index in [9.17, 15) is 15.0 Å². The van der Waals surface area contributed by atoms with Crippen LogP contribution in [0.2, 0.25) is 0 Å². The number of hydrogen-bond acceptors (Lipinski definition) is 4. The number of carbonyl (C=O) groups is 1. The Morgan fingerprint density at radius 2 is 1.83 bits per heavy atom. The Bertz CT molecular complexity index is 880. The van der Waals surface area contributed by atoms with E-state index >= 15 is 0 Å². The predicted octanol–water partition coefficient (Wildman–Crippen LogP) is 4.06. The number of nitrogens with zero attached hydrogens (tertiary/aromatic N) is 2. The first-order valence-corrected chi connectivity index (χ1v) is 10.8. The number of likely N-dealkylation sites (tertiary alicyclic amines) is 1. The lowest BCUT2D eigenvalue weighted by molar-refractivity contribution is -0.132. The fourth-order valence-electron chi connectivity index (χ4n) is 4.69. The topological polar surface area (TPSA) is 64.0 Å². The lowest BCUT2D eigenvalue weighted by Gasteiger charge is -2.46. The fraction of sp³-hybridized carbons (Fsp3) is 0.480. The Morgan fingerprint density at radius 3 is 2.47 bits per heavy atom. The van der Waals surface area contributed by atoms with Crippen LogP contribution in [0.1, 0.15) is 49.8 Å². The number of phenolic OH excluding ortho intramolecular Hbond substituents is 2. The van der Waals surface area contributed by atoms with Gasteiger partial charge in [0.15, 0.2) is 0 Å². The molecule has 0 aromatic heterocycles. The smallest absolute Gasteiger partial charge is 0.223 e. The minimum atomic E-state index is -0.281. The second-order valence-electron chi connectivity index (χ2n) is 8.85. The van der Waals surface area contributed by atoms with E-state index in [4.69, 9.17) is 0 Å². The first-order valence-electron chi connectivity index (χ1n) is 10.8. The molecule has 1 aliphatic heterocycles. The van der Waals surface area contributed by atoms with E-state index in [0.29, 0.717) is 19.0 Å². The van der Waals surface area contributed by atoms with Crippen LogP contribution in [0.3, 0.4) is 0 Å². The third-order valence-corrected chi connectivity index (χ3v) is 6.70. The van der Waals surface area contributed by atoms with Crippen LogP contribution in [0.4, 0.5) is 0 Å². The minimum absolute atomic E-state index is 0.102. The summed E-state index contributed by atoms with van der Waals surface area (Å²) in [7, 11) is 3.97. The van der Waals surface area contributed by atoms with E-state index in [1.54, 1.807) is 23.1 Å².